The molecule has 0 amide bonds. The van der Waals surface area contributed by atoms with Crippen LogP contribution in [0, 0.1) is 0 Å². The molecule has 1 aliphatic rings. The highest BCUT2D eigenvalue weighted by molar-refractivity contribution is 6.14. The third-order valence-electron chi connectivity index (χ3n) is 5.13. The standard InChI is InChI=1S/C26H21N5/c1-18-13-14-20(16-28-18)25-30-23-12-7-11-22(19-8-3-2-4-9-19)24(23)26(31-25)29-17-21-10-5-6-15-27-21/h2-16,30H,1,17H2,(H,29,31). The number of nitrogens with one attached hydrogen (secondary N) is 2. The Morgan fingerprint density at radius 1 is 0.806 bits per heavy atom. The number of pyridine rings is 2. The van der Waals surface area contributed by atoms with Crippen molar-refractivity contribution in [1.29, 1.82) is 0 Å². The molecule has 2 aromatic heterocycles. The van der Waals surface area contributed by atoms with Gasteiger partial charge in [-0.2, -0.15) is 0 Å². The molecule has 0 spiro atoms. The van der Waals surface area contributed by atoms with Gasteiger partial charge in [-0.25, -0.2) is 0 Å². The number of anilines is 1. The number of aliphatic imine (C=N–C) groups is 1. The van der Waals surface area contributed by atoms with Gasteiger partial charge in [0.1, 0.15) is 11.7 Å². The van der Waals surface area contributed by atoms with Crippen LogP contribution in [0.5, 0.6) is 0 Å². The molecule has 2 aromatic carbocycles. The Labute approximate surface area is 180 Å². The van der Waals surface area contributed by atoms with Crippen molar-refractivity contribution in [2.45, 2.75) is 6.54 Å². The van der Waals surface area contributed by atoms with Crippen molar-refractivity contribution in [2.24, 2.45) is 4.99 Å². The molecule has 5 nitrogen and oxygen atoms in total. The molecule has 4 aromatic rings. The molecule has 0 aliphatic carbocycles. The molecule has 150 valence electrons. The minimum Gasteiger partial charge on any atom is -0.341 e. The number of hydrogen-bond acceptors (Lipinski definition) is 4. The fourth-order valence-electron chi connectivity index (χ4n) is 3.60. The van der Waals surface area contributed by atoms with E-state index in [2.05, 4.69) is 57.5 Å². The van der Waals surface area contributed by atoms with Crippen molar-refractivity contribution in [2.75, 3.05) is 5.32 Å². The number of benzene rings is 2. The third kappa shape index (κ3) is 3.94. The van der Waals surface area contributed by atoms with Crippen LogP contribution < -0.4 is 21.2 Å². The van der Waals surface area contributed by atoms with Crippen molar-refractivity contribution in [3.05, 3.63) is 113 Å². The van der Waals surface area contributed by atoms with Gasteiger partial charge in [0.05, 0.1) is 23.3 Å². The van der Waals surface area contributed by atoms with E-state index in [4.69, 9.17) is 4.99 Å². The van der Waals surface area contributed by atoms with Gasteiger partial charge in [-0.05, 0) is 41.5 Å². The maximum absolute atomic E-state index is 4.92. The van der Waals surface area contributed by atoms with E-state index in [9.17, 15) is 0 Å². The van der Waals surface area contributed by atoms with E-state index in [1.807, 2.05) is 48.5 Å². The summed E-state index contributed by atoms with van der Waals surface area (Å²) in [6, 6.07) is 26.4. The monoisotopic (exact) mass is 403 g/mol. The number of rotatable bonds is 3. The van der Waals surface area contributed by atoms with Gasteiger partial charge < -0.3 is 10.6 Å². The molecule has 0 radical (unpaired) electrons. The van der Waals surface area contributed by atoms with E-state index >= 15 is 0 Å². The summed E-state index contributed by atoms with van der Waals surface area (Å²) in [6.45, 7) is 4.36. The zero-order chi connectivity index (χ0) is 21.0. The Kier molecular flexibility index (Phi) is 4.99. The van der Waals surface area contributed by atoms with Crippen LogP contribution in [0.4, 0.5) is 5.69 Å². The predicted octanol–water partition coefficient (Wildman–Crippen LogP) is 3.28. The topological polar surface area (TPSA) is 62.2 Å². The molecule has 0 fully saturated rings. The molecule has 0 unspecified atom stereocenters. The van der Waals surface area contributed by atoms with Crippen LogP contribution in [0.15, 0.2) is 96.2 Å². The highest BCUT2D eigenvalue weighted by Crippen LogP contribution is 2.32. The van der Waals surface area contributed by atoms with Crippen molar-refractivity contribution in [1.82, 2.24) is 15.3 Å². The predicted molar refractivity (Wildman–Crippen MR) is 126 cm³/mol. The van der Waals surface area contributed by atoms with Gasteiger partial charge in [-0.15, -0.1) is 0 Å². The first kappa shape index (κ1) is 18.8. The smallest absolute Gasteiger partial charge is 0.137 e. The minimum absolute atomic E-state index is 0.481. The van der Waals surface area contributed by atoms with Crippen LogP contribution >= 0.6 is 0 Å². The molecule has 0 atom stereocenters. The number of hydrogen-bond donors (Lipinski definition) is 2. The minimum atomic E-state index is 0.481. The lowest BCUT2D eigenvalue weighted by Gasteiger charge is -2.26. The Morgan fingerprint density at radius 2 is 1.68 bits per heavy atom. The molecule has 31 heavy (non-hydrogen) atoms. The van der Waals surface area contributed by atoms with E-state index in [0.717, 1.165) is 50.3 Å². The fraction of sp³-hybridized carbons (Fsp3) is 0.0385. The lowest BCUT2D eigenvalue weighted by atomic mass is 9.96. The van der Waals surface area contributed by atoms with Crippen molar-refractivity contribution in [3.8, 4) is 11.1 Å². The van der Waals surface area contributed by atoms with Crippen molar-refractivity contribution >= 4 is 23.9 Å². The number of nitrogens with zero attached hydrogens (tertiary/aromatic N) is 3. The molecule has 3 heterocycles. The van der Waals surface area contributed by atoms with E-state index in [0.29, 0.717) is 6.54 Å². The SMILES string of the molecule is C=c1ccc(=C2NC(=NCc3ccccn3)c3c(cccc3-c3ccccc3)N2)cn1. The van der Waals surface area contributed by atoms with Gasteiger partial charge in [0.25, 0.3) is 0 Å². The van der Waals surface area contributed by atoms with Crippen molar-refractivity contribution in [3.63, 3.8) is 0 Å². The first-order chi connectivity index (χ1) is 15.3. The molecule has 5 heteroatoms. The van der Waals surface area contributed by atoms with E-state index in [1.54, 1.807) is 12.4 Å². The van der Waals surface area contributed by atoms with Crippen LogP contribution in [-0.2, 0) is 6.54 Å². The zero-order valence-electron chi connectivity index (χ0n) is 16.9. The lowest BCUT2D eigenvalue weighted by Crippen LogP contribution is -2.37. The van der Waals surface area contributed by atoms with Gasteiger partial charge in [0.2, 0.25) is 0 Å². The summed E-state index contributed by atoms with van der Waals surface area (Å²) in [5, 5.41) is 8.68. The zero-order valence-corrected chi connectivity index (χ0v) is 16.9. The number of amidine groups is 1. The molecule has 5 rings (SSSR count). The Bertz CT molecular complexity index is 1340. The first-order valence-electron chi connectivity index (χ1n) is 10.1. The van der Waals surface area contributed by atoms with E-state index in [-0.39, 0.29) is 0 Å². The molecule has 0 bridgehead atoms. The number of fused-ring (bicyclic) bond motifs is 1. The average Bonchev–Trinajstić information content (AvgIpc) is 2.83. The van der Waals surface area contributed by atoms with Gasteiger partial charge in [-0.1, -0.05) is 55.1 Å². The summed E-state index contributed by atoms with van der Waals surface area (Å²) in [4.78, 5) is 13.7. The maximum Gasteiger partial charge on any atom is 0.137 e. The summed E-state index contributed by atoms with van der Waals surface area (Å²) in [6.07, 6.45) is 3.60. The Morgan fingerprint density at radius 3 is 2.45 bits per heavy atom. The summed E-state index contributed by atoms with van der Waals surface area (Å²) in [5.41, 5.74) is 5.20. The van der Waals surface area contributed by atoms with E-state index in [1.165, 1.54) is 0 Å². The summed E-state index contributed by atoms with van der Waals surface area (Å²) >= 11 is 0. The maximum atomic E-state index is 4.92. The van der Waals surface area contributed by atoms with Crippen LogP contribution in [-0.4, -0.2) is 15.8 Å². The lowest BCUT2D eigenvalue weighted by molar-refractivity contribution is 0.974. The molecular weight excluding hydrogens is 382 g/mol. The van der Waals surface area contributed by atoms with Crippen LogP contribution in [0.1, 0.15) is 11.3 Å². The van der Waals surface area contributed by atoms with Crippen molar-refractivity contribution < 1.29 is 0 Å². The van der Waals surface area contributed by atoms with Gasteiger partial charge in [0, 0.05) is 23.2 Å². The first-order valence-corrected chi connectivity index (χ1v) is 10.1. The second-order valence-electron chi connectivity index (χ2n) is 7.24. The summed E-state index contributed by atoms with van der Waals surface area (Å²) < 4.78 is 0. The van der Waals surface area contributed by atoms with Crippen LogP contribution in [0.2, 0.25) is 0 Å². The van der Waals surface area contributed by atoms with E-state index < -0.39 is 0 Å². The fourth-order valence-corrected chi connectivity index (χ4v) is 3.60. The molecule has 1 aliphatic heterocycles. The molecule has 0 saturated heterocycles. The Hall–Kier alpha value is -4.25. The summed E-state index contributed by atoms with van der Waals surface area (Å²) in [5.74, 6) is 1.64. The molecule has 2 N–H and O–H groups in total. The molecule has 0 saturated carbocycles. The average molecular weight is 403 g/mol. The second-order valence-corrected chi connectivity index (χ2v) is 7.24. The van der Waals surface area contributed by atoms with Crippen LogP contribution in [0.3, 0.4) is 0 Å². The normalized spacial score (nSPS) is 15.7. The van der Waals surface area contributed by atoms with Gasteiger partial charge in [-0.3, -0.25) is 15.0 Å². The summed E-state index contributed by atoms with van der Waals surface area (Å²) in [7, 11) is 0. The second kappa shape index (κ2) is 8.24. The highest BCUT2D eigenvalue weighted by Gasteiger charge is 2.22. The van der Waals surface area contributed by atoms with Crippen LogP contribution in [0.25, 0.3) is 23.5 Å². The quantitative estimate of drug-likeness (QED) is 0.551. The number of aromatic nitrogens is 2. The van der Waals surface area contributed by atoms with Gasteiger partial charge in [0.15, 0.2) is 0 Å². The largest absolute Gasteiger partial charge is 0.341 e. The molecular formula is C26H21N5. The Balaban J connectivity index is 1.67. The third-order valence-corrected chi connectivity index (χ3v) is 5.13. The van der Waals surface area contributed by atoms with Gasteiger partial charge >= 0.3 is 0 Å². The highest BCUT2D eigenvalue weighted by atomic mass is 15.2.